The van der Waals surface area contributed by atoms with Gasteiger partial charge < -0.3 is 5.32 Å². The number of nitrogens with one attached hydrogen (secondary N) is 2. The zero-order valence-corrected chi connectivity index (χ0v) is 10.4. The molecule has 1 rings (SSSR count). The molecular formula is C12H15F3N2O2. The van der Waals surface area contributed by atoms with Crippen LogP contribution in [0.15, 0.2) is 24.3 Å². The van der Waals surface area contributed by atoms with E-state index in [4.69, 9.17) is 0 Å². The summed E-state index contributed by atoms with van der Waals surface area (Å²) in [4.78, 5) is 15.8. The average molecular weight is 276 g/mol. The lowest BCUT2D eigenvalue weighted by molar-refractivity contribution is -0.184. The SMILES string of the molecule is CCCNc1ccccc1C(=O)NOCC(F)(F)F. The lowest BCUT2D eigenvalue weighted by Gasteiger charge is -2.12. The first-order chi connectivity index (χ1) is 8.94. The van der Waals surface area contributed by atoms with E-state index < -0.39 is 18.7 Å². The highest BCUT2D eigenvalue weighted by Gasteiger charge is 2.28. The lowest BCUT2D eigenvalue weighted by Crippen LogP contribution is -2.30. The van der Waals surface area contributed by atoms with E-state index in [1.54, 1.807) is 23.7 Å². The Morgan fingerprint density at radius 2 is 2.00 bits per heavy atom. The minimum Gasteiger partial charge on any atom is -0.384 e. The van der Waals surface area contributed by atoms with Crippen LogP contribution in [0.2, 0.25) is 0 Å². The van der Waals surface area contributed by atoms with Crippen molar-refractivity contribution in [2.24, 2.45) is 0 Å². The van der Waals surface area contributed by atoms with Gasteiger partial charge in [0.05, 0.1) is 5.56 Å². The van der Waals surface area contributed by atoms with Gasteiger partial charge in [-0.25, -0.2) is 5.48 Å². The predicted octanol–water partition coefficient (Wildman–Crippen LogP) is 2.73. The second kappa shape index (κ2) is 6.98. The molecule has 0 radical (unpaired) electrons. The lowest BCUT2D eigenvalue weighted by atomic mass is 10.1. The van der Waals surface area contributed by atoms with Crippen LogP contribution in [0.3, 0.4) is 0 Å². The van der Waals surface area contributed by atoms with Crippen molar-refractivity contribution in [2.45, 2.75) is 19.5 Å². The highest BCUT2D eigenvalue weighted by molar-refractivity contribution is 5.98. The molecule has 0 unspecified atom stereocenters. The van der Waals surface area contributed by atoms with Gasteiger partial charge >= 0.3 is 6.18 Å². The van der Waals surface area contributed by atoms with Crippen molar-refractivity contribution in [3.63, 3.8) is 0 Å². The van der Waals surface area contributed by atoms with Crippen LogP contribution in [0.25, 0.3) is 0 Å². The first-order valence-corrected chi connectivity index (χ1v) is 5.76. The first-order valence-electron chi connectivity index (χ1n) is 5.76. The molecule has 0 aliphatic carbocycles. The Balaban J connectivity index is 2.61. The number of hydrogen-bond acceptors (Lipinski definition) is 3. The molecule has 1 aromatic rings. The number of alkyl halides is 3. The highest BCUT2D eigenvalue weighted by Crippen LogP contribution is 2.16. The van der Waals surface area contributed by atoms with Gasteiger partial charge in [0, 0.05) is 12.2 Å². The zero-order valence-electron chi connectivity index (χ0n) is 10.4. The Morgan fingerprint density at radius 1 is 1.32 bits per heavy atom. The number of benzene rings is 1. The molecule has 0 saturated heterocycles. The zero-order chi connectivity index (χ0) is 14.3. The Hall–Kier alpha value is -1.76. The molecule has 0 saturated carbocycles. The van der Waals surface area contributed by atoms with E-state index >= 15 is 0 Å². The molecule has 0 aliphatic rings. The average Bonchev–Trinajstić information content (AvgIpc) is 2.35. The summed E-state index contributed by atoms with van der Waals surface area (Å²) in [5, 5.41) is 3.01. The molecule has 0 heterocycles. The Labute approximate surface area is 108 Å². The first kappa shape index (κ1) is 15.3. The summed E-state index contributed by atoms with van der Waals surface area (Å²) < 4.78 is 35.6. The molecule has 1 aromatic carbocycles. The largest absolute Gasteiger partial charge is 0.414 e. The topological polar surface area (TPSA) is 50.4 Å². The number of rotatable bonds is 6. The van der Waals surface area contributed by atoms with Gasteiger partial charge in [0.1, 0.15) is 0 Å². The maximum Gasteiger partial charge on any atom is 0.414 e. The van der Waals surface area contributed by atoms with Crippen LogP contribution in [0.1, 0.15) is 23.7 Å². The van der Waals surface area contributed by atoms with Crippen LogP contribution < -0.4 is 10.8 Å². The van der Waals surface area contributed by atoms with Crippen LogP contribution in [0, 0.1) is 0 Å². The van der Waals surface area contributed by atoms with Crippen molar-refractivity contribution >= 4 is 11.6 Å². The Morgan fingerprint density at radius 3 is 2.63 bits per heavy atom. The quantitative estimate of drug-likeness (QED) is 0.785. The standard InChI is InChI=1S/C12H15F3N2O2/c1-2-7-16-10-6-4-3-5-9(10)11(18)17-19-8-12(13,14)15/h3-6,16H,2,7-8H2,1H3,(H,17,18). The van der Waals surface area contributed by atoms with Crippen molar-refractivity contribution in [3.8, 4) is 0 Å². The number of para-hydroxylation sites is 1. The molecular weight excluding hydrogens is 261 g/mol. The third-order valence-corrected chi connectivity index (χ3v) is 2.14. The van der Waals surface area contributed by atoms with E-state index in [2.05, 4.69) is 10.2 Å². The second-order valence-corrected chi connectivity index (χ2v) is 3.81. The molecule has 7 heteroatoms. The molecule has 4 nitrogen and oxygen atoms in total. The summed E-state index contributed by atoms with van der Waals surface area (Å²) in [7, 11) is 0. The van der Waals surface area contributed by atoms with Crippen molar-refractivity contribution < 1.29 is 22.8 Å². The Kier molecular flexibility index (Phi) is 5.62. The molecule has 0 atom stereocenters. The minimum absolute atomic E-state index is 0.234. The van der Waals surface area contributed by atoms with E-state index in [1.807, 2.05) is 6.92 Å². The van der Waals surface area contributed by atoms with Gasteiger partial charge in [0.2, 0.25) is 0 Å². The normalized spacial score (nSPS) is 11.2. The summed E-state index contributed by atoms with van der Waals surface area (Å²) >= 11 is 0. The molecule has 2 N–H and O–H groups in total. The minimum atomic E-state index is -4.48. The van der Waals surface area contributed by atoms with Crippen LogP contribution >= 0.6 is 0 Å². The molecule has 0 aromatic heterocycles. The van der Waals surface area contributed by atoms with Crippen LogP contribution in [-0.4, -0.2) is 25.2 Å². The van der Waals surface area contributed by atoms with E-state index in [0.29, 0.717) is 12.2 Å². The molecule has 1 amide bonds. The van der Waals surface area contributed by atoms with E-state index in [0.717, 1.165) is 6.42 Å². The number of amides is 1. The fourth-order valence-electron chi connectivity index (χ4n) is 1.33. The van der Waals surface area contributed by atoms with E-state index in [1.165, 1.54) is 6.07 Å². The van der Waals surface area contributed by atoms with Crippen molar-refractivity contribution in [2.75, 3.05) is 18.5 Å². The Bertz CT molecular complexity index is 422. The number of carbonyl (C=O) groups excluding carboxylic acids is 1. The number of hydroxylamine groups is 1. The van der Waals surface area contributed by atoms with Crippen LogP contribution in [-0.2, 0) is 4.84 Å². The number of anilines is 1. The molecule has 19 heavy (non-hydrogen) atoms. The van der Waals surface area contributed by atoms with Gasteiger partial charge in [-0.1, -0.05) is 19.1 Å². The predicted molar refractivity (Wildman–Crippen MR) is 64.7 cm³/mol. The van der Waals surface area contributed by atoms with Gasteiger partial charge in [-0.15, -0.1) is 0 Å². The summed E-state index contributed by atoms with van der Waals surface area (Å²) in [5.41, 5.74) is 2.56. The maximum absolute atomic E-state index is 11.9. The van der Waals surface area contributed by atoms with Crippen LogP contribution in [0.4, 0.5) is 18.9 Å². The third kappa shape index (κ3) is 5.60. The smallest absolute Gasteiger partial charge is 0.384 e. The summed E-state index contributed by atoms with van der Waals surface area (Å²) in [6.45, 7) is 1.10. The highest BCUT2D eigenvalue weighted by atomic mass is 19.4. The van der Waals surface area contributed by atoms with Gasteiger partial charge in [-0.2, -0.15) is 13.2 Å². The second-order valence-electron chi connectivity index (χ2n) is 3.81. The monoisotopic (exact) mass is 276 g/mol. The third-order valence-electron chi connectivity index (χ3n) is 2.14. The fraction of sp³-hybridized carbons (Fsp3) is 0.417. The van der Waals surface area contributed by atoms with Crippen LogP contribution in [0.5, 0.6) is 0 Å². The van der Waals surface area contributed by atoms with E-state index in [-0.39, 0.29) is 5.56 Å². The maximum atomic E-state index is 11.9. The molecule has 106 valence electrons. The fourth-order valence-corrected chi connectivity index (χ4v) is 1.33. The summed E-state index contributed by atoms with van der Waals surface area (Å²) in [6, 6.07) is 6.53. The van der Waals surface area contributed by atoms with Crippen molar-refractivity contribution in [1.29, 1.82) is 0 Å². The molecule has 0 fully saturated rings. The summed E-state index contributed by atoms with van der Waals surface area (Å²) in [6.07, 6.45) is -3.62. The van der Waals surface area contributed by atoms with Gasteiger partial charge in [0.15, 0.2) is 6.61 Å². The van der Waals surface area contributed by atoms with Crippen molar-refractivity contribution in [3.05, 3.63) is 29.8 Å². The van der Waals surface area contributed by atoms with E-state index in [9.17, 15) is 18.0 Å². The molecule has 0 spiro atoms. The van der Waals surface area contributed by atoms with Gasteiger partial charge in [0.25, 0.3) is 5.91 Å². The summed E-state index contributed by atoms with van der Waals surface area (Å²) in [5.74, 6) is -0.719. The molecule has 0 bridgehead atoms. The number of carbonyl (C=O) groups is 1. The van der Waals surface area contributed by atoms with Crippen molar-refractivity contribution in [1.82, 2.24) is 5.48 Å². The van der Waals surface area contributed by atoms with Gasteiger partial charge in [-0.3, -0.25) is 9.63 Å². The number of hydrogen-bond donors (Lipinski definition) is 2. The number of halogens is 3. The molecule has 0 aliphatic heterocycles. The van der Waals surface area contributed by atoms with Gasteiger partial charge in [-0.05, 0) is 18.6 Å².